The average Bonchev–Trinajstić information content (AvgIpc) is 3.07. The molecule has 6 nitrogen and oxygen atoms in total. The van der Waals surface area contributed by atoms with Gasteiger partial charge in [0, 0.05) is 12.0 Å². The molecule has 2 rings (SSSR count). The maximum absolute atomic E-state index is 5.81. The molecule has 0 saturated heterocycles. The Kier molecular flexibility index (Phi) is 9.78. The highest BCUT2D eigenvalue weighted by molar-refractivity contribution is 14.0. The SMILES string of the molecule is CCNC(=NCc1ccc(OC(C)C)cc1)NCc1ncc(C(C)(C)C)o1.I. The molecule has 2 N–H and O–H groups in total. The summed E-state index contributed by atoms with van der Waals surface area (Å²) in [4.78, 5) is 8.97. The molecule has 0 aliphatic carbocycles. The van der Waals surface area contributed by atoms with Crippen LogP contribution in [0.25, 0.3) is 0 Å². The van der Waals surface area contributed by atoms with Gasteiger partial charge in [-0.25, -0.2) is 9.98 Å². The highest BCUT2D eigenvalue weighted by Gasteiger charge is 2.19. The van der Waals surface area contributed by atoms with E-state index in [0.717, 1.165) is 29.6 Å². The minimum atomic E-state index is -0.0463. The molecule has 156 valence electrons. The van der Waals surface area contributed by atoms with Crippen LogP contribution in [-0.2, 0) is 18.5 Å². The maximum Gasteiger partial charge on any atom is 0.213 e. The average molecular weight is 500 g/mol. The van der Waals surface area contributed by atoms with Gasteiger partial charge in [0.15, 0.2) is 5.96 Å². The Morgan fingerprint density at radius 3 is 2.39 bits per heavy atom. The van der Waals surface area contributed by atoms with Crippen molar-refractivity contribution in [3.63, 3.8) is 0 Å². The Morgan fingerprint density at radius 1 is 1.18 bits per heavy atom. The van der Waals surface area contributed by atoms with Gasteiger partial charge < -0.3 is 19.8 Å². The second kappa shape index (κ2) is 11.3. The second-order valence-corrected chi connectivity index (χ2v) is 7.73. The fourth-order valence-corrected chi connectivity index (χ4v) is 2.36. The quantitative estimate of drug-likeness (QED) is 0.330. The van der Waals surface area contributed by atoms with E-state index in [2.05, 4.69) is 41.4 Å². The van der Waals surface area contributed by atoms with Gasteiger partial charge in [0.2, 0.25) is 5.89 Å². The van der Waals surface area contributed by atoms with Crippen molar-refractivity contribution in [2.24, 2.45) is 4.99 Å². The molecule has 2 aromatic rings. The number of hydrogen-bond acceptors (Lipinski definition) is 4. The van der Waals surface area contributed by atoms with Crippen LogP contribution in [0.3, 0.4) is 0 Å². The number of ether oxygens (including phenoxy) is 1. The molecule has 0 radical (unpaired) electrons. The normalized spacial score (nSPS) is 11.9. The Labute approximate surface area is 185 Å². The van der Waals surface area contributed by atoms with E-state index in [4.69, 9.17) is 9.15 Å². The van der Waals surface area contributed by atoms with Crippen molar-refractivity contribution in [2.45, 2.75) is 66.2 Å². The molecule has 7 heteroatoms. The first-order valence-electron chi connectivity index (χ1n) is 9.51. The van der Waals surface area contributed by atoms with Gasteiger partial charge in [0.25, 0.3) is 0 Å². The van der Waals surface area contributed by atoms with Gasteiger partial charge in [-0.2, -0.15) is 0 Å². The molecule has 28 heavy (non-hydrogen) atoms. The number of hydrogen-bond donors (Lipinski definition) is 2. The molecule has 1 aromatic carbocycles. The first kappa shape index (κ1) is 24.3. The molecule has 0 atom stereocenters. The van der Waals surface area contributed by atoms with Crippen molar-refractivity contribution in [3.8, 4) is 5.75 Å². The van der Waals surface area contributed by atoms with Crippen LogP contribution in [0.4, 0.5) is 0 Å². The summed E-state index contributed by atoms with van der Waals surface area (Å²) in [6, 6.07) is 8.03. The van der Waals surface area contributed by atoms with Crippen LogP contribution in [0.1, 0.15) is 58.8 Å². The zero-order chi connectivity index (χ0) is 19.9. The van der Waals surface area contributed by atoms with E-state index < -0.39 is 0 Å². The standard InChI is InChI=1S/C21H32N4O2.HI/c1-7-22-20(25-14-19-23-13-18(27-19)21(4,5)6)24-12-16-8-10-17(11-9-16)26-15(2)3;/h8-11,13,15H,7,12,14H2,1-6H3,(H2,22,24,25);1H. The molecule has 0 saturated carbocycles. The lowest BCUT2D eigenvalue weighted by atomic mass is 9.94. The number of guanidine groups is 1. The maximum atomic E-state index is 5.81. The van der Waals surface area contributed by atoms with E-state index in [1.807, 2.05) is 45.0 Å². The Hall–Kier alpha value is -1.77. The van der Waals surface area contributed by atoms with E-state index in [0.29, 0.717) is 19.0 Å². The van der Waals surface area contributed by atoms with Gasteiger partial charge in [-0.05, 0) is 38.5 Å². The smallest absolute Gasteiger partial charge is 0.213 e. The number of nitrogens with one attached hydrogen (secondary N) is 2. The van der Waals surface area contributed by atoms with Crippen LogP contribution in [-0.4, -0.2) is 23.6 Å². The van der Waals surface area contributed by atoms with E-state index in [1.54, 1.807) is 6.20 Å². The van der Waals surface area contributed by atoms with Gasteiger partial charge in [-0.1, -0.05) is 32.9 Å². The molecule has 0 unspecified atom stereocenters. The van der Waals surface area contributed by atoms with Crippen molar-refractivity contribution in [1.82, 2.24) is 15.6 Å². The summed E-state index contributed by atoms with van der Waals surface area (Å²) in [5.41, 5.74) is 1.07. The van der Waals surface area contributed by atoms with E-state index in [9.17, 15) is 0 Å². The number of nitrogens with zero attached hydrogens (tertiary/aromatic N) is 2. The molecule has 1 aromatic heterocycles. The highest BCUT2D eigenvalue weighted by atomic mass is 127. The Morgan fingerprint density at radius 2 is 1.86 bits per heavy atom. The summed E-state index contributed by atoms with van der Waals surface area (Å²) < 4.78 is 11.5. The minimum absolute atomic E-state index is 0. The summed E-state index contributed by atoms with van der Waals surface area (Å²) in [5.74, 6) is 3.14. The fraction of sp³-hybridized carbons (Fsp3) is 0.524. The molecular formula is C21H33IN4O2. The molecule has 0 fully saturated rings. The molecule has 0 aliphatic heterocycles. The molecule has 0 aliphatic rings. The molecule has 1 heterocycles. The van der Waals surface area contributed by atoms with Gasteiger partial charge in [0.1, 0.15) is 11.5 Å². The number of halogens is 1. The molecule has 0 amide bonds. The van der Waals surface area contributed by atoms with Gasteiger partial charge in [-0.3, -0.25) is 0 Å². The number of aromatic nitrogens is 1. The number of aliphatic imine (C=N–C) groups is 1. The third-order valence-electron chi connectivity index (χ3n) is 3.76. The first-order valence-corrected chi connectivity index (χ1v) is 9.51. The van der Waals surface area contributed by atoms with Crippen LogP contribution in [0.5, 0.6) is 5.75 Å². The zero-order valence-electron chi connectivity index (χ0n) is 17.7. The van der Waals surface area contributed by atoms with Crippen molar-refractivity contribution in [2.75, 3.05) is 6.54 Å². The topological polar surface area (TPSA) is 71.7 Å². The van der Waals surface area contributed by atoms with Crippen LogP contribution < -0.4 is 15.4 Å². The van der Waals surface area contributed by atoms with E-state index in [1.165, 1.54) is 0 Å². The first-order chi connectivity index (χ1) is 12.8. The number of benzene rings is 1. The lowest BCUT2D eigenvalue weighted by Gasteiger charge is -2.13. The predicted octanol–water partition coefficient (Wildman–Crippen LogP) is 4.63. The lowest BCUT2D eigenvalue weighted by Crippen LogP contribution is -2.36. The van der Waals surface area contributed by atoms with Gasteiger partial charge in [-0.15, -0.1) is 24.0 Å². The largest absolute Gasteiger partial charge is 0.491 e. The number of rotatable bonds is 7. The minimum Gasteiger partial charge on any atom is -0.491 e. The third kappa shape index (κ3) is 8.08. The predicted molar refractivity (Wildman–Crippen MR) is 124 cm³/mol. The summed E-state index contributed by atoms with van der Waals surface area (Å²) in [6.45, 7) is 14.2. The zero-order valence-corrected chi connectivity index (χ0v) is 20.0. The monoisotopic (exact) mass is 500 g/mol. The van der Waals surface area contributed by atoms with Crippen molar-refractivity contribution in [3.05, 3.63) is 47.7 Å². The third-order valence-corrected chi connectivity index (χ3v) is 3.76. The van der Waals surface area contributed by atoms with Crippen LogP contribution in [0.2, 0.25) is 0 Å². The Balaban J connectivity index is 0.00000392. The van der Waals surface area contributed by atoms with E-state index >= 15 is 0 Å². The van der Waals surface area contributed by atoms with Crippen LogP contribution in [0.15, 0.2) is 39.9 Å². The number of oxazole rings is 1. The Bertz CT molecular complexity index is 734. The summed E-state index contributed by atoms with van der Waals surface area (Å²) in [7, 11) is 0. The second-order valence-electron chi connectivity index (χ2n) is 7.73. The van der Waals surface area contributed by atoms with E-state index in [-0.39, 0.29) is 35.5 Å². The molecular weight excluding hydrogens is 467 g/mol. The van der Waals surface area contributed by atoms with Crippen molar-refractivity contribution >= 4 is 29.9 Å². The fourth-order valence-electron chi connectivity index (χ4n) is 2.36. The highest BCUT2D eigenvalue weighted by Crippen LogP contribution is 2.22. The molecule has 0 spiro atoms. The van der Waals surface area contributed by atoms with Crippen molar-refractivity contribution < 1.29 is 9.15 Å². The van der Waals surface area contributed by atoms with Crippen LogP contribution >= 0.6 is 24.0 Å². The summed E-state index contributed by atoms with van der Waals surface area (Å²) in [6.07, 6.45) is 1.97. The summed E-state index contributed by atoms with van der Waals surface area (Å²) in [5, 5.41) is 6.51. The van der Waals surface area contributed by atoms with Gasteiger partial charge in [0.05, 0.1) is 25.4 Å². The van der Waals surface area contributed by atoms with Crippen LogP contribution in [0, 0.1) is 0 Å². The lowest BCUT2D eigenvalue weighted by molar-refractivity contribution is 0.242. The summed E-state index contributed by atoms with van der Waals surface area (Å²) >= 11 is 0. The van der Waals surface area contributed by atoms with Crippen molar-refractivity contribution in [1.29, 1.82) is 0 Å². The van der Waals surface area contributed by atoms with Gasteiger partial charge >= 0.3 is 0 Å². The molecule has 0 bridgehead atoms.